The summed E-state index contributed by atoms with van der Waals surface area (Å²) in [6.45, 7) is 4.25. The third-order valence-electron chi connectivity index (χ3n) is 3.41. The van der Waals surface area contributed by atoms with Gasteiger partial charge in [0.25, 0.3) is 5.91 Å². The molecule has 0 bridgehead atoms. The molecule has 1 amide bonds. The second kappa shape index (κ2) is 4.88. The Morgan fingerprint density at radius 3 is 2.37 bits per heavy atom. The maximum Gasteiger partial charge on any atom is 0.328 e. The molecule has 0 aromatic heterocycles. The molecule has 4 nitrogen and oxygen atoms in total. The lowest BCUT2D eigenvalue weighted by Gasteiger charge is -2.07. The topological polar surface area (TPSA) is 66.4 Å². The Morgan fingerprint density at radius 1 is 1.32 bits per heavy atom. The van der Waals surface area contributed by atoms with Crippen molar-refractivity contribution in [1.82, 2.24) is 5.32 Å². The number of rotatable bonds is 4. The van der Waals surface area contributed by atoms with Crippen molar-refractivity contribution in [2.45, 2.75) is 26.3 Å². The van der Waals surface area contributed by atoms with E-state index >= 15 is 0 Å². The minimum atomic E-state index is -0.988. The zero-order valence-corrected chi connectivity index (χ0v) is 11.0. The van der Waals surface area contributed by atoms with Crippen LogP contribution in [0.5, 0.6) is 0 Å². The average Bonchev–Trinajstić information content (AvgIpc) is 2.94. The Labute approximate surface area is 112 Å². The molecule has 1 fully saturated rings. The van der Waals surface area contributed by atoms with E-state index in [0.29, 0.717) is 5.56 Å². The van der Waals surface area contributed by atoms with Gasteiger partial charge in [0.2, 0.25) is 0 Å². The fraction of sp³-hybridized carbons (Fsp3) is 0.333. The highest BCUT2D eigenvalue weighted by atomic mass is 16.4. The summed E-state index contributed by atoms with van der Waals surface area (Å²) in [6.07, 6.45) is 3.58. The van der Waals surface area contributed by atoms with E-state index in [9.17, 15) is 9.59 Å². The standard InChI is InChI=1S/C15H17NO3/c1-15(2)9-12(15)16-14(19)11-6-3-10(4-7-11)5-8-13(17)18/h3-8,12H,9H2,1-2H3,(H,16,19)(H,17,18). The maximum atomic E-state index is 11.9. The van der Waals surface area contributed by atoms with Gasteiger partial charge in [-0.15, -0.1) is 0 Å². The first kappa shape index (κ1) is 13.3. The number of carbonyl (C=O) groups excluding carboxylic acids is 1. The summed E-state index contributed by atoms with van der Waals surface area (Å²) in [5, 5.41) is 11.5. The van der Waals surface area contributed by atoms with Gasteiger partial charge < -0.3 is 10.4 Å². The van der Waals surface area contributed by atoms with Crippen LogP contribution in [0.2, 0.25) is 0 Å². The highest BCUT2D eigenvalue weighted by Gasteiger charge is 2.46. The second-order valence-electron chi connectivity index (χ2n) is 5.51. The molecule has 4 heteroatoms. The number of carbonyl (C=O) groups is 2. The highest BCUT2D eigenvalue weighted by molar-refractivity contribution is 5.95. The zero-order chi connectivity index (χ0) is 14.0. The summed E-state index contributed by atoms with van der Waals surface area (Å²) >= 11 is 0. The Hall–Kier alpha value is -2.10. The van der Waals surface area contributed by atoms with Crippen LogP contribution in [-0.2, 0) is 4.79 Å². The van der Waals surface area contributed by atoms with Crippen LogP contribution in [0, 0.1) is 5.41 Å². The van der Waals surface area contributed by atoms with Crippen molar-refractivity contribution in [3.05, 3.63) is 41.5 Å². The number of aliphatic carboxylic acids is 1. The number of carboxylic acids is 1. The molecule has 0 aliphatic heterocycles. The lowest BCUT2D eigenvalue weighted by Crippen LogP contribution is -2.28. The fourth-order valence-corrected chi connectivity index (χ4v) is 1.87. The molecular formula is C15H17NO3. The van der Waals surface area contributed by atoms with Crippen molar-refractivity contribution in [3.63, 3.8) is 0 Å². The van der Waals surface area contributed by atoms with Gasteiger partial charge in [0, 0.05) is 17.7 Å². The van der Waals surface area contributed by atoms with E-state index in [0.717, 1.165) is 18.1 Å². The summed E-state index contributed by atoms with van der Waals surface area (Å²) in [5.74, 6) is -1.07. The summed E-state index contributed by atoms with van der Waals surface area (Å²) in [7, 11) is 0. The van der Waals surface area contributed by atoms with E-state index < -0.39 is 5.97 Å². The van der Waals surface area contributed by atoms with Crippen molar-refractivity contribution in [2.24, 2.45) is 5.41 Å². The minimum Gasteiger partial charge on any atom is -0.478 e. The van der Waals surface area contributed by atoms with E-state index in [-0.39, 0.29) is 17.4 Å². The number of amides is 1. The Morgan fingerprint density at radius 2 is 1.89 bits per heavy atom. The van der Waals surface area contributed by atoms with Gasteiger partial charge in [-0.25, -0.2) is 4.79 Å². The molecule has 1 aromatic carbocycles. The summed E-state index contributed by atoms with van der Waals surface area (Å²) < 4.78 is 0. The molecule has 100 valence electrons. The molecule has 0 heterocycles. The Bertz CT molecular complexity index is 529. The highest BCUT2D eigenvalue weighted by Crippen LogP contribution is 2.44. The van der Waals surface area contributed by atoms with Crippen LogP contribution in [0.25, 0.3) is 6.08 Å². The first-order chi connectivity index (χ1) is 8.88. The van der Waals surface area contributed by atoms with Crippen LogP contribution >= 0.6 is 0 Å². The molecule has 1 aliphatic carbocycles. The molecule has 1 aliphatic rings. The van der Waals surface area contributed by atoms with E-state index in [1.807, 2.05) is 0 Å². The van der Waals surface area contributed by atoms with E-state index in [4.69, 9.17) is 5.11 Å². The lowest BCUT2D eigenvalue weighted by atomic mass is 10.1. The number of hydrogen-bond acceptors (Lipinski definition) is 2. The largest absolute Gasteiger partial charge is 0.478 e. The van der Waals surface area contributed by atoms with Gasteiger partial charge in [0.05, 0.1) is 0 Å². The molecule has 0 spiro atoms. The molecule has 1 saturated carbocycles. The molecule has 2 rings (SSSR count). The third-order valence-corrected chi connectivity index (χ3v) is 3.41. The van der Waals surface area contributed by atoms with Crippen molar-refractivity contribution in [1.29, 1.82) is 0 Å². The lowest BCUT2D eigenvalue weighted by molar-refractivity contribution is -0.131. The summed E-state index contributed by atoms with van der Waals surface area (Å²) in [4.78, 5) is 22.3. The van der Waals surface area contributed by atoms with Crippen molar-refractivity contribution < 1.29 is 14.7 Å². The number of nitrogens with one attached hydrogen (secondary N) is 1. The fourth-order valence-electron chi connectivity index (χ4n) is 1.87. The average molecular weight is 259 g/mol. The zero-order valence-electron chi connectivity index (χ0n) is 11.0. The minimum absolute atomic E-state index is 0.0793. The van der Waals surface area contributed by atoms with Crippen LogP contribution in [0.1, 0.15) is 36.2 Å². The predicted octanol–water partition coefficient (Wildman–Crippen LogP) is 2.31. The van der Waals surface area contributed by atoms with Gasteiger partial charge in [-0.1, -0.05) is 26.0 Å². The van der Waals surface area contributed by atoms with Crippen LogP contribution < -0.4 is 5.32 Å². The number of carboxylic acid groups (broad SMARTS) is 1. The number of benzene rings is 1. The van der Waals surface area contributed by atoms with E-state index in [1.54, 1.807) is 24.3 Å². The van der Waals surface area contributed by atoms with Crippen LogP contribution in [0.3, 0.4) is 0 Å². The van der Waals surface area contributed by atoms with Gasteiger partial charge in [-0.2, -0.15) is 0 Å². The third kappa shape index (κ3) is 3.44. The van der Waals surface area contributed by atoms with Crippen molar-refractivity contribution in [3.8, 4) is 0 Å². The van der Waals surface area contributed by atoms with E-state index in [1.165, 1.54) is 6.08 Å². The summed E-state index contributed by atoms with van der Waals surface area (Å²) in [6, 6.07) is 7.11. The molecule has 2 N–H and O–H groups in total. The van der Waals surface area contributed by atoms with Gasteiger partial charge in [-0.05, 0) is 35.6 Å². The normalized spacial score (nSPS) is 20.2. The quantitative estimate of drug-likeness (QED) is 0.815. The van der Waals surface area contributed by atoms with E-state index in [2.05, 4.69) is 19.2 Å². The summed E-state index contributed by atoms with van der Waals surface area (Å²) in [5.41, 5.74) is 1.56. The van der Waals surface area contributed by atoms with Gasteiger partial charge in [0.1, 0.15) is 0 Å². The van der Waals surface area contributed by atoms with Crippen molar-refractivity contribution >= 4 is 18.0 Å². The molecule has 0 saturated heterocycles. The van der Waals surface area contributed by atoms with Crippen LogP contribution in [0.15, 0.2) is 30.3 Å². The van der Waals surface area contributed by atoms with Gasteiger partial charge >= 0.3 is 5.97 Å². The monoisotopic (exact) mass is 259 g/mol. The van der Waals surface area contributed by atoms with Crippen LogP contribution in [-0.4, -0.2) is 23.0 Å². The first-order valence-corrected chi connectivity index (χ1v) is 6.20. The molecule has 1 aromatic rings. The van der Waals surface area contributed by atoms with Crippen LogP contribution in [0.4, 0.5) is 0 Å². The first-order valence-electron chi connectivity index (χ1n) is 6.20. The Balaban J connectivity index is 1.98. The molecule has 1 unspecified atom stereocenters. The maximum absolute atomic E-state index is 11.9. The second-order valence-corrected chi connectivity index (χ2v) is 5.51. The molecular weight excluding hydrogens is 242 g/mol. The van der Waals surface area contributed by atoms with Gasteiger partial charge in [-0.3, -0.25) is 4.79 Å². The molecule has 0 radical (unpaired) electrons. The SMILES string of the molecule is CC1(C)CC1NC(=O)c1ccc(C=CC(=O)O)cc1. The Kier molecular flexibility index (Phi) is 3.42. The predicted molar refractivity (Wildman–Crippen MR) is 72.8 cm³/mol. The van der Waals surface area contributed by atoms with Gasteiger partial charge in [0.15, 0.2) is 0 Å². The smallest absolute Gasteiger partial charge is 0.328 e. The molecule has 1 atom stereocenters. The number of hydrogen-bond donors (Lipinski definition) is 2. The molecule has 19 heavy (non-hydrogen) atoms. The van der Waals surface area contributed by atoms with Crippen molar-refractivity contribution in [2.75, 3.05) is 0 Å².